The van der Waals surface area contributed by atoms with E-state index in [0.29, 0.717) is 24.0 Å². The monoisotopic (exact) mass is 362 g/mol. The maximum absolute atomic E-state index is 11.8. The van der Waals surface area contributed by atoms with Crippen molar-refractivity contribution in [3.63, 3.8) is 0 Å². The minimum atomic E-state index is -0.200. The first-order chi connectivity index (χ1) is 12.5. The molecule has 0 aromatic heterocycles. The molecular formula is C20H34N4O2. The van der Waals surface area contributed by atoms with Gasteiger partial charge in [-0.05, 0) is 81.5 Å². The highest BCUT2D eigenvalue weighted by Crippen LogP contribution is 2.60. The van der Waals surface area contributed by atoms with Gasteiger partial charge >= 0.3 is 6.09 Å². The van der Waals surface area contributed by atoms with Crippen molar-refractivity contribution in [3.05, 3.63) is 0 Å². The summed E-state index contributed by atoms with van der Waals surface area (Å²) in [5, 5.41) is 3.39. The van der Waals surface area contributed by atoms with Gasteiger partial charge in [-0.25, -0.2) is 4.79 Å². The number of nitrogens with one attached hydrogen (secondary N) is 1. The molecule has 1 aliphatic heterocycles. The van der Waals surface area contributed by atoms with Crippen molar-refractivity contribution < 1.29 is 9.53 Å². The zero-order chi connectivity index (χ0) is 18.1. The predicted molar refractivity (Wildman–Crippen MR) is 102 cm³/mol. The van der Waals surface area contributed by atoms with Crippen LogP contribution in [-0.2, 0) is 4.74 Å². The predicted octanol–water partition coefficient (Wildman–Crippen LogP) is 2.73. The van der Waals surface area contributed by atoms with Gasteiger partial charge in [0.15, 0.2) is 5.96 Å². The molecule has 4 bridgehead atoms. The van der Waals surface area contributed by atoms with Crippen LogP contribution in [0.1, 0.15) is 58.3 Å². The summed E-state index contributed by atoms with van der Waals surface area (Å²) in [7, 11) is 0. The van der Waals surface area contributed by atoms with Crippen LogP contribution in [0.25, 0.3) is 0 Å². The lowest BCUT2D eigenvalue weighted by Gasteiger charge is -2.56. The van der Waals surface area contributed by atoms with E-state index in [1.807, 2.05) is 6.92 Å². The van der Waals surface area contributed by atoms with E-state index in [1.165, 1.54) is 38.5 Å². The van der Waals surface area contributed by atoms with Crippen LogP contribution in [0.2, 0.25) is 0 Å². The quantitative estimate of drug-likeness (QED) is 0.595. The van der Waals surface area contributed by atoms with Gasteiger partial charge in [0, 0.05) is 25.7 Å². The summed E-state index contributed by atoms with van der Waals surface area (Å²) in [5.74, 6) is 3.46. The molecule has 1 amide bonds. The number of carbonyl (C=O) groups excluding carboxylic acids is 1. The fraction of sp³-hybridized carbons (Fsp3) is 0.900. The van der Waals surface area contributed by atoms with Crippen LogP contribution in [-0.4, -0.2) is 49.2 Å². The molecule has 1 heterocycles. The van der Waals surface area contributed by atoms with Crippen molar-refractivity contribution >= 4 is 12.1 Å². The molecular weight excluding hydrogens is 328 g/mol. The van der Waals surface area contributed by atoms with Crippen molar-refractivity contribution in [1.29, 1.82) is 0 Å². The number of likely N-dealkylation sites (tertiary alicyclic amines) is 1. The topological polar surface area (TPSA) is 80.0 Å². The molecule has 5 rings (SSSR count). The molecule has 0 spiro atoms. The lowest BCUT2D eigenvalue weighted by atomic mass is 9.49. The number of amides is 1. The number of aliphatic imine (C=N–C) groups is 1. The van der Waals surface area contributed by atoms with E-state index in [-0.39, 0.29) is 6.09 Å². The minimum absolute atomic E-state index is 0.200. The van der Waals surface area contributed by atoms with E-state index >= 15 is 0 Å². The van der Waals surface area contributed by atoms with Crippen molar-refractivity contribution in [1.82, 2.24) is 10.2 Å². The van der Waals surface area contributed by atoms with Crippen molar-refractivity contribution in [3.8, 4) is 0 Å². The highest BCUT2D eigenvalue weighted by molar-refractivity contribution is 5.78. The molecule has 0 aromatic carbocycles. The zero-order valence-corrected chi connectivity index (χ0v) is 16.1. The molecule has 4 aliphatic carbocycles. The van der Waals surface area contributed by atoms with Crippen LogP contribution >= 0.6 is 0 Å². The highest BCUT2D eigenvalue weighted by atomic mass is 16.6. The lowest BCUT2D eigenvalue weighted by Crippen LogP contribution is -2.50. The van der Waals surface area contributed by atoms with Crippen LogP contribution in [0.4, 0.5) is 4.79 Å². The molecule has 146 valence electrons. The maximum atomic E-state index is 11.8. The van der Waals surface area contributed by atoms with E-state index in [4.69, 9.17) is 15.5 Å². The maximum Gasteiger partial charge on any atom is 0.409 e. The Balaban J connectivity index is 1.25. The second-order valence-electron chi connectivity index (χ2n) is 9.22. The Morgan fingerprint density at radius 1 is 1.15 bits per heavy atom. The standard InChI is InChI=1S/C20H34N4O2/c1-2-26-19(25)24-5-3-17(4-6-24)23-18(21)22-13-20-10-14-7-15(11-20)9-16(8-14)12-20/h14-17H,2-13H2,1H3,(H3,21,22,23). The molecule has 5 fully saturated rings. The number of guanidine groups is 1. The molecule has 26 heavy (non-hydrogen) atoms. The number of hydrogen-bond donors (Lipinski definition) is 2. The molecule has 1 saturated heterocycles. The number of nitrogens with zero attached hydrogens (tertiary/aromatic N) is 2. The number of piperidine rings is 1. The molecule has 0 aromatic rings. The van der Waals surface area contributed by atoms with E-state index in [9.17, 15) is 4.79 Å². The summed E-state index contributed by atoms with van der Waals surface area (Å²) in [4.78, 5) is 18.3. The van der Waals surface area contributed by atoms with Crippen molar-refractivity contribution in [2.24, 2.45) is 33.9 Å². The Labute approximate surface area is 156 Å². The Hall–Kier alpha value is -1.46. The summed E-state index contributed by atoms with van der Waals surface area (Å²) < 4.78 is 5.07. The molecule has 0 atom stereocenters. The number of hydrogen-bond acceptors (Lipinski definition) is 3. The first-order valence-corrected chi connectivity index (χ1v) is 10.5. The Bertz CT molecular complexity index is 519. The van der Waals surface area contributed by atoms with Gasteiger partial charge in [0.1, 0.15) is 0 Å². The smallest absolute Gasteiger partial charge is 0.409 e. The van der Waals surface area contributed by atoms with Crippen LogP contribution < -0.4 is 11.1 Å². The van der Waals surface area contributed by atoms with E-state index < -0.39 is 0 Å². The van der Waals surface area contributed by atoms with E-state index in [0.717, 1.165) is 50.2 Å². The minimum Gasteiger partial charge on any atom is -0.450 e. The molecule has 0 unspecified atom stereocenters. The van der Waals surface area contributed by atoms with Crippen molar-refractivity contribution in [2.75, 3.05) is 26.2 Å². The Kier molecular flexibility index (Phi) is 5.02. The Morgan fingerprint density at radius 3 is 2.27 bits per heavy atom. The number of rotatable bonds is 4. The third-order valence-corrected chi connectivity index (χ3v) is 7.12. The van der Waals surface area contributed by atoms with Crippen LogP contribution in [0.15, 0.2) is 4.99 Å². The van der Waals surface area contributed by atoms with E-state index in [1.54, 1.807) is 4.90 Å². The summed E-state index contributed by atoms with van der Waals surface area (Å²) >= 11 is 0. The summed E-state index contributed by atoms with van der Waals surface area (Å²) in [5.41, 5.74) is 6.65. The second-order valence-corrected chi connectivity index (χ2v) is 9.22. The van der Waals surface area contributed by atoms with Gasteiger partial charge in [0.25, 0.3) is 0 Å². The van der Waals surface area contributed by atoms with Gasteiger partial charge in [-0.3, -0.25) is 4.99 Å². The largest absolute Gasteiger partial charge is 0.450 e. The van der Waals surface area contributed by atoms with Gasteiger partial charge in [-0.15, -0.1) is 0 Å². The van der Waals surface area contributed by atoms with Crippen LogP contribution in [0, 0.1) is 23.2 Å². The van der Waals surface area contributed by atoms with Crippen molar-refractivity contribution in [2.45, 2.75) is 64.3 Å². The van der Waals surface area contributed by atoms with Gasteiger partial charge in [-0.1, -0.05) is 0 Å². The third-order valence-electron chi connectivity index (χ3n) is 7.12. The fourth-order valence-corrected chi connectivity index (χ4v) is 6.41. The van der Waals surface area contributed by atoms with Gasteiger partial charge in [0.05, 0.1) is 6.61 Å². The zero-order valence-electron chi connectivity index (χ0n) is 16.1. The number of carbonyl (C=O) groups is 1. The molecule has 5 aliphatic rings. The fourth-order valence-electron chi connectivity index (χ4n) is 6.41. The number of nitrogens with two attached hydrogens (primary N) is 1. The second kappa shape index (κ2) is 7.28. The summed E-state index contributed by atoms with van der Waals surface area (Å²) in [6.07, 6.45) is 10.1. The lowest BCUT2D eigenvalue weighted by molar-refractivity contribution is -0.0465. The molecule has 3 N–H and O–H groups in total. The number of ether oxygens (including phenoxy) is 1. The highest BCUT2D eigenvalue weighted by Gasteiger charge is 2.50. The third kappa shape index (κ3) is 3.79. The normalized spacial score (nSPS) is 37.0. The van der Waals surface area contributed by atoms with Gasteiger partial charge in [-0.2, -0.15) is 0 Å². The molecule has 0 radical (unpaired) electrons. The summed E-state index contributed by atoms with van der Waals surface area (Å²) in [6, 6.07) is 0.306. The molecule has 6 nitrogen and oxygen atoms in total. The van der Waals surface area contributed by atoms with E-state index in [2.05, 4.69) is 5.32 Å². The SMILES string of the molecule is CCOC(=O)N1CCC(NC(N)=NCC23CC4CC(CC(C4)C2)C3)CC1. The average Bonchev–Trinajstić information content (AvgIpc) is 2.60. The van der Waals surface area contributed by atoms with Gasteiger partial charge in [0.2, 0.25) is 0 Å². The van der Waals surface area contributed by atoms with Crippen LogP contribution in [0.5, 0.6) is 0 Å². The Morgan fingerprint density at radius 2 is 1.73 bits per heavy atom. The first-order valence-electron chi connectivity index (χ1n) is 10.5. The average molecular weight is 363 g/mol. The first kappa shape index (κ1) is 17.9. The molecule has 6 heteroatoms. The summed E-state index contributed by atoms with van der Waals surface area (Å²) in [6.45, 7) is 4.61. The van der Waals surface area contributed by atoms with Gasteiger partial charge < -0.3 is 20.7 Å². The molecule has 4 saturated carbocycles. The van der Waals surface area contributed by atoms with Crippen LogP contribution in [0.3, 0.4) is 0 Å².